The number of hydrogen-bond donors (Lipinski definition) is 4. The fraction of sp³-hybridized carbons (Fsp3) is 0.364. The first-order valence-electron chi connectivity index (χ1n) is 21.0. The second-order valence-corrected chi connectivity index (χ2v) is 16.5. The molecule has 20 heteroatoms. The molecule has 10 rings (SSSR count). The van der Waals surface area contributed by atoms with Crippen molar-refractivity contribution in [2.24, 2.45) is 0 Å². The minimum atomic E-state index is -1.17. The molecule has 2 saturated heterocycles. The zero-order valence-electron chi connectivity index (χ0n) is 35.6. The lowest BCUT2D eigenvalue weighted by Crippen LogP contribution is -2.46. The zero-order valence-corrected chi connectivity index (χ0v) is 35.6. The normalized spacial score (nSPS) is 21.5. The van der Waals surface area contributed by atoms with Gasteiger partial charge in [0.15, 0.2) is 22.5 Å². The van der Waals surface area contributed by atoms with Crippen LogP contribution in [0.4, 0.5) is 22.7 Å². The van der Waals surface area contributed by atoms with Gasteiger partial charge in [-0.25, -0.2) is 19.0 Å². The predicted molar refractivity (Wildman–Crippen MR) is 232 cm³/mol. The molecule has 6 aromatic rings. The number of nitrogens with one attached hydrogen (secondary N) is 4. The van der Waals surface area contributed by atoms with Crippen LogP contribution in [0.5, 0.6) is 11.5 Å². The molecule has 1 unspecified atom stereocenters. The highest BCUT2D eigenvalue weighted by atomic mass is 16.5. The van der Waals surface area contributed by atoms with Gasteiger partial charge in [0.25, 0.3) is 23.6 Å². The Morgan fingerprint density at radius 3 is 1.94 bits per heavy atom. The summed E-state index contributed by atoms with van der Waals surface area (Å²) in [4.78, 5) is 67.8. The summed E-state index contributed by atoms with van der Waals surface area (Å²) in [5.74, 6) is -0.339. The topological polar surface area (TPSA) is 220 Å². The van der Waals surface area contributed by atoms with Gasteiger partial charge in [0.1, 0.15) is 34.4 Å². The molecule has 4 aliphatic rings. The number of aromatic nitrogens is 6. The van der Waals surface area contributed by atoms with Crippen LogP contribution < -0.4 is 40.5 Å². The number of carbonyl (C=O) groups excluding carboxylic acids is 4. The fourth-order valence-corrected chi connectivity index (χ4v) is 9.03. The van der Waals surface area contributed by atoms with Gasteiger partial charge in [-0.1, -0.05) is 0 Å². The van der Waals surface area contributed by atoms with Gasteiger partial charge in [0.2, 0.25) is 0 Å². The Morgan fingerprint density at radius 1 is 0.719 bits per heavy atom. The third-order valence-corrected chi connectivity index (χ3v) is 12.2. The first-order chi connectivity index (χ1) is 30.9. The number of hydrogen-bond acceptors (Lipinski definition) is 14. The molecule has 4 aromatic heterocycles. The zero-order chi connectivity index (χ0) is 44.3. The van der Waals surface area contributed by atoms with E-state index in [1.54, 1.807) is 69.4 Å². The van der Waals surface area contributed by atoms with Crippen molar-refractivity contribution >= 4 is 57.7 Å². The number of amides is 4. The van der Waals surface area contributed by atoms with Gasteiger partial charge < -0.3 is 50.0 Å². The first kappa shape index (κ1) is 40.7. The van der Waals surface area contributed by atoms with E-state index in [1.807, 2.05) is 29.2 Å². The minimum absolute atomic E-state index is 0.212. The highest BCUT2D eigenvalue weighted by Gasteiger charge is 2.44. The largest absolute Gasteiger partial charge is 0.477 e. The predicted octanol–water partition coefficient (Wildman–Crippen LogP) is 2.57. The number of anilines is 4. The summed E-state index contributed by atoms with van der Waals surface area (Å²) >= 11 is 0. The maximum atomic E-state index is 14.9. The Bertz CT molecular complexity index is 2870. The van der Waals surface area contributed by atoms with Crippen LogP contribution in [-0.2, 0) is 31.9 Å². The van der Waals surface area contributed by atoms with E-state index in [4.69, 9.17) is 24.0 Å². The third-order valence-electron chi connectivity index (χ3n) is 12.2. The summed E-state index contributed by atoms with van der Waals surface area (Å²) in [5.41, 5.74) is 3.16. The summed E-state index contributed by atoms with van der Waals surface area (Å²) < 4.78 is 27.7. The van der Waals surface area contributed by atoms with Gasteiger partial charge in [-0.15, -0.1) is 0 Å². The Kier molecular flexibility index (Phi) is 10.1. The molecular formula is C44H46N12O8. The smallest absolute Gasteiger partial charge is 0.264 e. The van der Waals surface area contributed by atoms with E-state index in [-0.39, 0.29) is 42.5 Å². The molecular weight excluding hydrogens is 825 g/mol. The lowest BCUT2D eigenvalue weighted by Gasteiger charge is -2.35. The Morgan fingerprint density at radius 2 is 1.30 bits per heavy atom. The number of likely N-dealkylation sites (N-methyl/N-ethyl adjacent to an activating group) is 2. The number of rotatable bonds is 9. The monoisotopic (exact) mass is 870 g/mol. The molecule has 0 aliphatic carbocycles. The summed E-state index contributed by atoms with van der Waals surface area (Å²) in [6.45, 7) is 6.51. The summed E-state index contributed by atoms with van der Waals surface area (Å²) in [5, 5.41) is 20.8. The van der Waals surface area contributed by atoms with Crippen molar-refractivity contribution in [1.82, 2.24) is 39.8 Å². The maximum Gasteiger partial charge on any atom is 0.264 e. The molecule has 0 spiro atoms. The standard InChI is InChI=1S/C44H46N12O8/c1-43(41(59)45-3)21-25-17-28(30(19-32(25)63-43)53-11-14-61-15-12-53)51-40(58)35-36(52-56-10-6-8-48-38(35)56)34-24-54(13-16-62-34)31-20-33-26(22-44(2,64-33)42(60)46-4)18-29(31)50-39(57)27-23-49-55-9-5-7-47-37(27)55/h5-10,17-20,23,34H,11-16,21-22,24H2,1-4H3,(H,45,59)(H,46,60)(H,50,57)(H,51,58)/t34?,43-,44+/m1/s1. The minimum Gasteiger partial charge on any atom is -0.477 e. The highest BCUT2D eigenvalue weighted by molar-refractivity contribution is 6.11. The van der Waals surface area contributed by atoms with E-state index in [2.05, 4.69) is 41.2 Å². The molecule has 0 saturated carbocycles. The molecule has 0 radical (unpaired) electrons. The van der Waals surface area contributed by atoms with Gasteiger partial charge in [0, 0.05) is 94.6 Å². The van der Waals surface area contributed by atoms with Gasteiger partial charge in [0.05, 0.1) is 55.3 Å². The van der Waals surface area contributed by atoms with Crippen LogP contribution in [0.15, 0.2) is 67.4 Å². The number of carbonyl (C=O) groups is 4. The quantitative estimate of drug-likeness (QED) is 0.164. The van der Waals surface area contributed by atoms with E-state index in [0.29, 0.717) is 84.8 Å². The molecule has 8 heterocycles. The maximum absolute atomic E-state index is 14.9. The van der Waals surface area contributed by atoms with Crippen LogP contribution in [0.25, 0.3) is 11.3 Å². The van der Waals surface area contributed by atoms with E-state index < -0.39 is 29.1 Å². The highest BCUT2D eigenvalue weighted by Crippen LogP contribution is 2.45. The van der Waals surface area contributed by atoms with Crippen molar-refractivity contribution in [1.29, 1.82) is 0 Å². The number of nitrogens with zero attached hydrogens (tertiary/aromatic N) is 8. The van der Waals surface area contributed by atoms with Gasteiger partial charge in [-0.3, -0.25) is 19.2 Å². The molecule has 64 heavy (non-hydrogen) atoms. The van der Waals surface area contributed by atoms with E-state index >= 15 is 0 Å². The van der Waals surface area contributed by atoms with Crippen LogP contribution >= 0.6 is 0 Å². The first-order valence-corrected chi connectivity index (χ1v) is 21.0. The average molecular weight is 871 g/mol. The number of benzene rings is 2. The van der Waals surface area contributed by atoms with Crippen LogP contribution in [0, 0.1) is 0 Å². The van der Waals surface area contributed by atoms with Crippen LogP contribution in [0.2, 0.25) is 0 Å². The Labute approximate surface area is 366 Å². The van der Waals surface area contributed by atoms with Crippen molar-refractivity contribution in [2.75, 3.05) is 80.5 Å². The van der Waals surface area contributed by atoms with E-state index in [1.165, 1.54) is 10.7 Å². The van der Waals surface area contributed by atoms with Crippen molar-refractivity contribution < 1.29 is 38.1 Å². The summed E-state index contributed by atoms with van der Waals surface area (Å²) in [7, 11) is 3.14. The second-order valence-electron chi connectivity index (χ2n) is 16.5. The van der Waals surface area contributed by atoms with Crippen LogP contribution in [-0.4, -0.2) is 124 Å². The Balaban J connectivity index is 0.996. The van der Waals surface area contributed by atoms with Crippen molar-refractivity contribution in [3.05, 3.63) is 95.3 Å². The lowest BCUT2D eigenvalue weighted by molar-refractivity contribution is -0.134. The summed E-state index contributed by atoms with van der Waals surface area (Å²) in [6.07, 6.45) is 7.93. The van der Waals surface area contributed by atoms with Gasteiger partial charge in [-0.05, 0) is 38.1 Å². The molecule has 4 amide bonds. The van der Waals surface area contributed by atoms with E-state index in [0.717, 1.165) is 16.8 Å². The second kappa shape index (κ2) is 15.8. The lowest BCUT2D eigenvalue weighted by atomic mass is 9.97. The third kappa shape index (κ3) is 7.03. The number of fused-ring (bicyclic) bond motifs is 4. The SMILES string of the molecule is CNC(=O)[C@@]1(C)Cc2cc(NC(=O)c3c(C4CN(c5cc6c(cc5NC(=O)c5cnn7cccnc57)C[C@@](C)(C(=O)NC)O6)CCO4)nn4cccnc34)c(N3CCOCC3)cc2O1. The molecule has 330 valence electrons. The molecule has 0 bridgehead atoms. The Hall–Kier alpha value is -7.32. The fourth-order valence-electron chi connectivity index (χ4n) is 9.03. The van der Waals surface area contributed by atoms with E-state index in [9.17, 15) is 19.2 Å². The van der Waals surface area contributed by atoms with Gasteiger partial charge >= 0.3 is 0 Å². The molecule has 4 N–H and O–H groups in total. The molecule has 4 aliphatic heterocycles. The van der Waals surface area contributed by atoms with Crippen molar-refractivity contribution in [3.8, 4) is 11.5 Å². The van der Waals surface area contributed by atoms with Crippen LogP contribution in [0.3, 0.4) is 0 Å². The summed E-state index contributed by atoms with van der Waals surface area (Å²) in [6, 6.07) is 10.9. The van der Waals surface area contributed by atoms with Gasteiger partial charge in [-0.2, -0.15) is 10.2 Å². The number of morpholine rings is 2. The molecule has 2 aromatic carbocycles. The molecule has 3 atom stereocenters. The molecule has 20 nitrogen and oxygen atoms in total. The van der Waals surface area contributed by atoms with Crippen molar-refractivity contribution in [3.63, 3.8) is 0 Å². The van der Waals surface area contributed by atoms with Crippen LogP contribution in [0.1, 0.15) is 57.5 Å². The average Bonchev–Trinajstić information content (AvgIpc) is 4.09. The number of ether oxygens (including phenoxy) is 4. The molecule has 2 fully saturated rings. The van der Waals surface area contributed by atoms with Crippen molar-refractivity contribution in [2.45, 2.75) is 44.0 Å².